The molecular formula is C13H16ClNO3. The fraction of sp³-hybridized carbons (Fsp3) is 0.462. The van der Waals surface area contributed by atoms with Gasteiger partial charge in [-0.05, 0) is 30.2 Å². The summed E-state index contributed by atoms with van der Waals surface area (Å²) in [5.74, 6) is 1.91. The molecule has 4 nitrogen and oxygen atoms in total. The van der Waals surface area contributed by atoms with Crippen LogP contribution >= 0.6 is 11.6 Å². The van der Waals surface area contributed by atoms with Crippen LogP contribution in [0.1, 0.15) is 17.5 Å². The molecule has 1 aliphatic rings. The third-order valence-corrected chi connectivity index (χ3v) is 3.16. The highest BCUT2D eigenvalue weighted by molar-refractivity contribution is 6.18. The number of hydrogen-bond acceptors (Lipinski definition) is 3. The van der Waals surface area contributed by atoms with Crippen molar-refractivity contribution in [2.45, 2.75) is 19.9 Å². The van der Waals surface area contributed by atoms with Crippen molar-refractivity contribution in [1.29, 1.82) is 0 Å². The molecule has 1 aliphatic heterocycles. The lowest BCUT2D eigenvalue weighted by molar-refractivity contribution is -0.129. The normalized spacial score (nSPS) is 12.6. The fourth-order valence-corrected chi connectivity index (χ4v) is 2.03. The first kappa shape index (κ1) is 13.0. The smallest absolute Gasteiger partial charge is 0.231 e. The highest BCUT2D eigenvalue weighted by atomic mass is 35.5. The van der Waals surface area contributed by atoms with Crippen molar-refractivity contribution in [1.82, 2.24) is 4.90 Å². The Morgan fingerprint density at radius 2 is 2.06 bits per heavy atom. The van der Waals surface area contributed by atoms with E-state index >= 15 is 0 Å². The summed E-state index contributed by atoms with van der Waals surface area (Å²) in [5.41, 5.74) is 2.15. The van der Waals surface area contributed by atoms with Gasteiger partial charge in [0.05, 0.1) is 0 Å². The maximum atomic E-state index is 11.7. The summed E-state index contributed by atoms with van der Waals surface area (Å²) in [7, 11) is 1.78. The number of aryl methyl sites for hydroxylation is 1. The van der Waals surface area contributed by atoms with E-state index in [0.717, 1.165) is 22.6 Å². The minimum atomic E-state index is 0.0436. The van der Waals surface area contributed by atoms with E-state index in [1.54, 1.807) is 11.9 Å². The SMILES string of the molecule is Cc1cc2c(cc1CN(C)C(=O)CCCl)OCO2. The molecular weight excluding hydrogens is 254 g/mol. The number of ether oxygens (including phenoxy) is 2. The molecule has 1 heterocycles. The second kappa shape index (κ2) is 5.48. The number of rotatable bonds is 4. The second-order valence-electron chi connectivity index (χ2n) is 4.32. The van der Waals surface area contributed by atoms with Crippen molar-refractivity contribution in [2.75, 3.05) is 19.7 Å². The number of fused-ring (bicyclic) bond motifs is 1. The average molecular weight is 270 g/mol. The molecule has 0 aliphatic carbocycles. The first-order valence-electron chi connectivity index (χ1n) is 5.81. The van der Waals surface area contributed by atoms with Crippen molar-refractivity contribution >= 4 is 17.5 Å². The van der Waals surface area contributed by atoms with Crippen LogP contribution in [0.2, 0.25) is 0 Å². The summed E-state index contributed by atoms with van der Waals surface area (Å²) in [5, 5.41) is 0. The van der Waals surface area contributed by atoms with Gasteiger partial charge in [-0.2, -0.15) is 0 Å². The van der Waals surface area contributed by atoms with Crippen molar-refractivity contribution in [3.8, 4) is 11.5 Å². The summed E-state index contributed by atoms with van der Waals surface area (Å²) < 4.78 is 10.6. The number of carbonyl (C=O) groups is 1. The first-order chi connectivity index (χ1) is 8.61. The molecule has 0 bridgehead atoms. The van der Waals surface area contributed by atoms with Gasteiger partial charge in [0.1, 0.15) is 0 Å². The molecule has 0 spiro atoms. The predicted molar refractivity (Wildman–Crippen MR) is 69.1 cm³/mol. The van der Waals surface area contributed by atoms with Gasteiger partial charge in [-0.3, -0.25) is 4.79 Å². The monoisotopic (exact) mass is 269 g/mol. The molecule has 0 saturated carbocycles. The number of carbonyl (C=O) groups excluding carboxylic acids is 1. The third-order valence-electron chi connectivity index (χ3n) is 2.97. The number of hydrogen-bond donors (Lipinski definition) is 0. The zero-order chi connectivity index (χ0) is 13.1. The Morgan fingerprint density at radius 1 is 1.39 bits per heavy atom. The number of halogens is 1. The van der Waals surface area contributed by atoms with Gasteiger partial charge in [0, 0.05) is 25.9 Å². The Balaban J connectivity index is 2.12. The van der Waals surface area contributed by atoms with Gasteiger partial charge in [-0.1, -0.05) is 0 Å². The molecule has 1 amide bonds. The van der Waals surface area contributed by atoms with E-state index in [4.69, 9.17) is 21.1 Å². The molecule has 1 aromatic carbocycles. The van der Waals surface area contributed by atoms with E-state index in [1.165, 1.54) is 0 Å². The molecule has 98 valence electrons. The van der Waals surface area contributed by atoms with Crippen LogP contribution in [0.5, 0.6) is 11.5 Å². The largest absolute Gasteiger partial charge is 0.454 e. The Bertz CT molecular complexity index is 462. The van der Waals surface area contributed by atoms with Gasteiger partial charge >= 0.3 is 0 Å². The average Bonchev–Trinajstić information content (AvgIpc) is 2.76. The van der Waals surface area contributed by atoms with E-state index in [2.05, 4.69) is 0 Å². The molecule has 18 heavy (non-hydrogen) atoms. The van der Waals surface area contributed by atoms with Gasteiger partial charge in [-0.15, -0.1) is 11.6 Å². The van der Waals surface area contributed by atoms with E-state index in [1.807, 2.05) is 19.1 Å². The van der Waals surface area contributed by atoms with Gasteiger partial charge < -0.3 is 14.4 Å². The van der Waals surface area contributed by atoms with Crippen molar-refractivity contribution < 1.29 is 14.3 Å². The molecule has 0 saturated heterocycles. The Hall–Kier alpha value is -1.42. The molecule has 0 unspecified atom stereocenters. The zero-order valence-electron chi connectivity index (χ0n) is 10.5. The van der Waals surface area contributed by atoms with E-state index in [-0.39, 0.29) is 12.7 Å². The standard InChI is InChI=1S/C13H16ClNO3/c1-9-5-11-12(18-8-17-11)6-10(9)7-15(2)13(16)3-4-14/h5-6H,3-4,7-8H2,1-2H3. The van der Waals surface area contributed by atoms with Gasteiger partial charge in [0.25, 0.3) is 0 Å². The molecule has 5 heteroatoms. The van der Waals surface area contributed by atoms with Crippen molar-refractivity contribution in [3.05, 3.63) is 23.3 Å². The van der Waals surface area contributed by atoms with E-state index in [9.17, 15) is 4.79 Å². The summed E-state index contributed by atoms with van der Waals surface area (Å²) in [6, 6.07) is 3.87. The maximum Gasteiger partial charge on any atom is 0.231 e. The van der Waals surface area contributed by atoms with E-state index < -0.39 is 0 Å². The minimum Gasteiger partial charge on any atom is -0.454 e. The molecule has 2 rings (SSSR count). The van der Waals surface area contributed by atoms with Crippen molar-refractivity contribution in [3.63, 3.8) is 0 Å². The maximum absolute atomic E-state index is 11.7. The molecule has 0 atom stereocenters. The topological polar surface area (TPSA) is 38.8 Å². The van der Waals surface area contributed by atoms with Crippen LogP contribution in [0.4, 0.5) is 0 Å². The number of nitrogens with zero attached hydrogens (tertiary/aromatic N) is 1. The lowest BCUT2D eigenvalue weighted by atomic mass is 10.1. The summed E-state index contributed by atoms with van der Waals surface area (Å²) >= 11 is 5.57. The molecule has 0 radical (unpaired) electrons. The Kier molecular flexibility index (Phi) is 3.97. The summed E-state index contributed by atoms with van der Waals surface area (Å²) in [4.78, 5) is 13.4. The number of benzene rings is 1. The zero-order valence-corrected chi connectivity index (χ0v) is 11.3. The van der Waals surface area contributed by atoms with Crippen molar-refractivity contribution in [2.24, 2.45) is 0 Å². The van der Waals surface area contributed by atoms with Gasteiger partial charge in [0.2, 0.25) is 12.7 Å². The van der Waals surface area contributed by atoms with E-state index in [0.29, 0.717) is 18.8 Å². The second-order valence-corrected chi connectivity index (χ2v) is 4.70. The third kappa shape index (κ3) is 2.70. The fourth-order valence-electron chi connectivity index (χ4n) is 1.87. The molecule has 0 aromatic heterocycles. The quantitative estimate of drug-likeness (QED) is 0.788. The Labute approximate surface area is 111 Å². The molecule has 0 fully saturated rings. The Morgan fingerprint density at radius 3 is 2.72 bits per heavy atom. The summed E-state index contributed by atoms with van der Waals surface area (Å²) in [6.45, 7) is 2.81. The van der Waals surface area contributed by atoms with Gasteiger partial charge in [-0.25, -0.2) is 0 Å². The van der Waals surface area contributed by atoms with Crippen LogP contribution in [0.25, 0.3) is 0 Å². The summed E-state index contributed by atoms with van der Waals surface area (Å²) in [6.07, 6.45) is 0.363. The highest BCUT2D eigenvalue weighted by Crippen LogP contribution is 2.34. The lowest BCUT2D eigenvalue weighted by Gasteiger charge is -2.18. The van der Waals surface area contributed by atoms with Crippen LogP contribution in [0, 0.1) is 6.92 Å². The van der Waals surface area contributed by atoms with Crippen LogP contribution < -0.4 is 9.47 Å². The van der Waals surface area contributed by atoms with Gasteiger partial charge in [0.15, 0.2) is 11.5 Å². The van der Waals surface area contributed by atoms with Crippen LogP contribution in [-0.2, 0) is 11.3 Å². The number of amides is 1. The number of alkyl halides is 1. The molecule has 1 aromatic rings. The van der Waals surface area contributed by atoms with Crippen LogP contribution in [-0.4, -0.2) is 30.5 Å². The predicted octanol–water partition coefficient (Wildman–Crippen LogP) is 2.31. The minimum absolute atomic E-state index is 0.0436. The molecule has 0 N–H and O–H groups in total. The van der Waals surface area contributed by atoms with Crippen LogP contribution in [0.15, 0.2) is 12.1 Å². The first-order valence-corrected chi connectivity index (χ1v) is 6.34. The van der Waals surface area contributed by atoms with Crippen LogP contribution in [0.3, 0.4) is 0 Å². The highest BCUT2D eigenvalue weighted by Gasteiger charge is 2.17. The lowest BCUT2D eigenvalue weighted by Crippen LogP contribution is -2.26.